The van der Waals surface area contributed by atoms with Crippen molar-refractivity contribution < 1.29 is 19.0 Å². The number of aliphatic hydroxyl groups is 1. The number of rotatable bonds is 5. The molecule has 0 saturated heterocycles. The summed E-state index contributed by atoms with van der Waals surface area (Å²) in [5.41, 5.74) is -0.0657. The number of methoxy groups -OCH3 is 1. The largest absolute Gasteiger partial charge is 0.389 e. The number of hydrogen-bond acceptors (Lipinski definition) is 3. The molecule has 94 valence electrons. The molecule has 1 unspecified atom stereocenters. The van der Waals surface area contributed by atoms with Crippen molar-refractivity contribution in [1.82, 2.24) is 5.32 Å². The van der Waals surface area contributed by atoms with E-state index in [1.807, 2.05) is 0 Å². The SMILES string of the molecule is COCC(O)CNC(=O)c1cc(Br)ccc1F. The van der Waals surface area contributed by atoms with Crippen molar-refractivity contribution >= 4 is 21.8 Å². The summed E-state index contributed by atoms with van der Waals surface area (Å²) in [5, 5.41) is 11.7. The van der Waals surface area contributed by atoms with Crippen LogP contribution < -0.4 is 5.32 Å². The van der Waals surface area contributed by atoms with Crippen LogP contribution in [-0.2, 0) is 4.74 Å². The van der Waals surface area contributed by atoms with Gasteiger partial charge in [0.25, 0.3) is 5.91 Å². The molecule has 0 radical (unpaired) electrons. The van der Waals surface area contributed by atoms with E-state index in [0.29, 0.717) is 4.47 Å². The van der Waals surface area contributed by atoms with Gasteiger partial charge in [0.15, 0.2) is 0 Å². The van der Waals surface area contributed by atoms with Crippen LogP contribution in [0.25, 0.3) is 0 Å². The van der Waals surface area contributed by atoms with Crippen LogP contribution in [0.5, 0.6) is 0 Å². The second-order valence-electron chi connectivity index (χ2n) is 3.44. The van der Waals surface area contributed by atoms with E-state index >= 15 is 0 Å². The molecule has 17 heavy (non-hydrogen) atoms. The first-order chi connectivity index (χ1) is 8.04. The van der Waals surface area contributed by atoms with Crippen molar-refractivity contribution in [3.8, 4) is 0 Å². The molecule has 1 aromatic carbocycles. The van der Waals surface area contributed by atoms with Crippen molar-refractivity contribution in [2.75, 3.05) is 20.3 Å². The maximum Gasteiger partial charge on any atom is 0.254 e. The summed E-state index contributed by atoms with van der Waals surface area (Å²) in [6, 6.07) is 4.09. The molecule has 0 aromatic heterocycles. The fourth-order valence-corrected chi connectivity index (χ4v) is 1.59. The molecule has 1 amide bonds. The van der Waals surface area contributed by atoms with Gasteiger partial charge < -0.3 is 15.2 Å². The topological polar surface area (TPSA) is 58.6 Å². The fourth-order valence-electron chi connectivity index (χ4n) is 1.23. The van der Waals surface area contributed by atoms with Crippen LogP contribution in [-0.4, -0.2) is 37.4 Å². The lowest BCUT2D eigenvalue weighted by Gasteiger charge is -2.11. The Balaban J connectivity index is 2.61. The molecule has 0 bridgehead atoms. The molecule has 1 atom stereocenters. The Hall–Kier alpha value is -0.980. The van der Waals surface area contributed by atoms with Gasteiger partial charge in [-0.25, -0.2) is 4.39 Å². The maximum absolute atomic E-state index is 13.3. The predicted octanol–water partition coefficient (Wildman–Crippen LogP) is 1.33. The van der Waals surface area contributed by atoms with Crippen LogP contribution in [0.4, 0.5) is 4.39 Å². The van der Waals surface area contributed by atoms with Gasteiger partial charge in [-0.05, 0) is 18.2 Å². The number of carbonyl (C=O) groups excluding carboxylic acids is 1. The summed E-state index contributed by atoms with van der Waals surface area (Å²) < 4.78 is 18.6. The highest BCUT2D eigenvalue weighted by Crippen LogP contribution is 2.15. The first kappa shape index (κ1) is 14.1. The van der Waals surface area contributed by atoms with E-state index in [1.165, 1.54) is 25.3 Å². The third-order valence-corrected chi connectivity index (χ3v) is 2.52. The molecule has 6 heteroatoms. The molecule has 0 spiro atoms. The number of ether oxygens (including phenoxy) is 1. The van der Waals surface area contributed by atoms with Gasteiger partial charge in [0.2, 0.25) is 0 Å². The molecule has 0 aliphatic rings. The molecule has 1 rings (SSSR count). The first-order valence-corrected chi connectivity index (χ1v) is 5.74. The van der Waals surface area contributed by atoms with E-state index in [0.717, 1.165) is 0 Å². The Morgan fingerprint density at radius 3 is 3.00 bits per heavy atom. The van der Waals surface area contributed by atoms with Crippen molar-refractivity contribution in [1.29, 1.82) is 0 Å². The Bertz CT molecular complexity index is 400. The summed E-state index contributed by atoms with van der Waals surface area (Å²) in [5.74, 6) is -1.18. The summed E-state index contributed by atoms with van der Waals surface area (Å²) >= 11 is 3.15. The average molecular weight is 306 g/mol. The highest BCUT2D eigenvalue weighted by molar-refractivity contribution is 9.10. The molecular formula is C11H13BrFNO3. The lowest BCUT2D eigenvalue weighted by molar-refractivity contribution is 0.0609. The normalized spacial score (nSPS) is 12.2. The van der Waals surface area contributed by atoms with Crippen LogP contribution in [0.3, 0.4) is 0 Å². The van der Waals surface area contributed by atoms with Gasteiger partial charge in [-0.1, -0.05) is 15.9 Å². The molecule has 0 heterocycles. The minimum absolute atomic E-state index is 0.0125. The third kappa shape index (κ3) is 4.41. The average Bonchev–Trinajstić information content (AvgIpc) is 2.29. The second-order valence-corrected chi connectivity index (χ2v) is 4.36. The highest BCUT2D eigenvalue weighted by atomic mass is 79.9. The zero-order chi connectivity index (χ0) is 12.8. The van der Waals surface area contributed by atoms with Crippen LogP contribution in [0.1, 0.15) is 10.4 Å². The molecular weight excluding hydrogens is 293 g/mol. The van der Waals surface area contributed by atoms with Gasteiger partial charge in [0, 0.05) is 18.1 Å². The number of hydrogen-bond donors (Lipinski definition) is 2. The van der Waals surface area contributed by atoms with E-state index in [2.05, 4.69) is 21.2 Å². The zero-order valence-electron chi connectivity index (χ0n) is 9.24. The van der Waals surface area contributed by atoms with E-state index in [9.17, 15) is 14.3 Å². The van der Waals surface area contributed by atoms with Gasteiger partial charge >= 0.3 is 0 Å². The number of amides is 1. The van der Waals surface area contributed by atoms with Crippen molar-refractivity contribution in [2.45, 2.75) is 6.10 Å². The Morgan fingerprint density at radius 2 is 2.35 bits per heavy atom. The van der Waals surface area contributed by atoms with Crippen molar-refractivity contribution in [3.63, 3.8) is 0 Å². The van der Waals surface area contributed by atoms with Gasteiger partial charge in [-0.15, -0.1) is 0 Å². The Kier molecular flexibility index (Phi) is 5.54. The van der Waals surface area contributed by atoms with Crippen LogP contribution in [0, 0.1) is 5.82 Å². The molecule has 0 aliphatic heterocycles. The van der Waals surface area contributed by atoms with E-state index in [1.54, 1.807) is 0 Å². The minimum Gasteiger partial charge on any atom is -0.389 e. The van der Waals surface area contributed by atoms with Crippen LogP contribution in [0.15, 0.2) is 22.7 Å². The molecule has 1 aromatic rings. The van der Waals surface area contributed by atoms with Crippen molar-refractivity contribution in [3.05, 3.63) is 34.1 Å². The lowest BCUT2D eigenvalue weighted by atomic mass is 10.2. The number of nitrogens with one attached hydrogen (secondary N) is 1. The monoisotopic (exact) mass is 305 g/mol. The quantitative estimate of drug-likeness (QED) is 0.863. The molecule has 0 saturated carbocycles. The fraction of sp³-hybridized carbons (Fsp3) is 0.364. The van der Waals surface area contributed by atoms with Gasteiger partial charge in [0.1, 0.15) is 5.82 Å². The standard InChI is InChI=1S/C11H13BrFNO3/c1-17-6-8(15)5-14-11(16)9-4-7(12)2-3-10(9)13/h2-4,8,15H,5-6H2,1H3,(H,14,16). The Labute approximate surface area is 107 Å². The summed E-state index contributed by atoms with van der Waals surface area (Å²) in [6.07, 6.45) is -0.806. The highest BCUT2D eigenvalue weighted by Gasteiger charge is 2.13. The number of benzene rings is 1. The lowest BCUT2D eigenvalue weighted by Crippen LogP contribution is -2.34. The third-order valence-electron chi connectivity index (χ3n) is 2.03. The molecule has 4 nitrogen and oxygen atoms in total. The summed E-state index contributed by atoms with van der Waals surface area (Å²) in [7, 11) is 1.44. The molecule has 0 aliphatic carbocycles. The number of carbonyl (C=O) groups is 1. The first-order valence-electron chi connectivity index (χ1n) is 4.95. The maximum atomic E-state index is 13.3. The van der Waals surface area contributed by atoms with E-state index in [-0.39, 0.29) is 18.7 Å². The van der Waals surface area contributed by atoms with Gasteiger partial charge in [0.05, 0.1) is 18.3 Å². The van der Waals surface area contributed by atoms with Crippen LogP contribution >= 0.6 is 15.9 Å². The number of halogens is 2. The van der Waals surface area contributed by atoms with Gasteiger partial charge in [-0.2, -0.15) is 0 Å². The van der Waals surface area contributed by atoms with Crippen LogP contribution in [0.2, 0.25) is 0 Å². The zero-order valence-corrected chi connectivity index (χ0v) is 10.8. The minimum atomic E-state index is -0.806. The predicted molar refractivity (Wildman–Crippen MR) is 64.3 cm³/mol. The Morgan fingerprint density at radius 1 is 1.65 bits per heavy atom. The van der Waals surface area contributed by atoms with Gasteiger partial charge in [-0.3, -0.25) is 4.79 Å². The second kappa shape index (κ2) is 6.68. The number of aliphatic hydroxyl groups excluding tert-OH is 1. The summed E-state index contributed by atoms with van der Waals surface area (Å²) in [6.45, 7) is 0.125. The molecule has 0 fully saturated rings. The van der Waals surface area contributed by atoms with E-state index in [4.69, 9.17) is 4.74 Å². The smallest absolute Gasteiger partial charge is 0.254 e. The molecule has 2 N–H and O–H groups in total. The van der Waals surface area contributed by atoms with Crippen molar-refractivity contribution in [2.24, 2.45) is 0 Å². The van der Waals surface area contributed by atoms with E-state index < -0.39 is 17.8 Å². The summed E-state index contributed by atoms with van der Waals surface area (Å²) in [4.78, 5) is 11.6.